The Labute approximate surface area is 172 Å². The molecular formula is C21H16FN3O4S. The highest BCUT2D eigenvalue weighted by atomic mass is 32.2. The van der Waals surface area contributed by atoms with Crippen molar-refractivity contribution < 1.29 is 22.3 Å². The Balaban J connectivity index is 1.66. The molecule has 9 heteroatoms. The highest BCUT2D eigenvalue weighted by Crippen LogP contribution is 2.21. The number of sulfonamides is 1. The van der Waals surface area contributed by atoms with E-state index >= 15 is 0 Å². The highest BCUT2D eigenvalue weighted by molar-refractivity contribution is 7.92. The van der Waals surface area contributed by atoms with E-state index in [9.17, 15) is 17.6 Å². The van der Waals surface area contributed by atoms with Gasteiger partial charge in [0.15, 0.2) is 6.61 Å². The molecule has 7 nitrogen and oxygen atoms in total. The van der Waals surface area contributed by atoms with Gasteiger partial charge in [0, 0.05) is 16.9 Å². The monoisotopic (exact) mass is 425 g/mol. The molecule has 3 aromatic carbocycles. The van der Waals surface area contributed by atoms with Gasteiger partial charge in [0.1, 0.15) is 17.6 Å². The molecule has 0 unspecified atom stereocenters. The number of hydrogen-bond donors (Lipinski definition) is 2. The van der Waals surface area contributed by atoms with Crippen molar-refractivity contribution in [3.63, 3.8) is 0 Å². The van der Waals surface area contributed by atoms with Gasteiger partial charge in [-0.2, -0.15) is 5.26 Å². The van der Waals surface area contributed by atoms with Gasteiger partial charge >= 0.3 is 0 Å². The van der Waals surface area contributed by atoms with Crippen LogP contribution in [-0.4, -0.2) is 20.9 Å². The predicted octanol–water partition coefficient (Wildman–Crippen LogP) is 3.78. The van der Waals surface area contributed by atoms with Gasteiger partial charge in [-0.05, 0) is 72.8 Å². The van der Waals surface area contributed by atoms with Crippen molar-refractivity contribution in [3.05, 3.63) is 84.2 Å². The quantitative estimate of drug-likeness (QED) is 0.599. The molecule has 0 radical (unpaired) electrons. The van der Waals surface area contributed by atoms with E-state index in [-0.39, 0.29) is 17.1 Å². The summed E-state index contributed by atoms with van der Waals surface area (Å²) in [6, 6.07) is 18.6. The molecule has 152 valence electrons. The standard InChI is InChI=1S/C21H16FN3O4S/c22-16-3-1-15(2-4-16)21(26)24-17-7-11-20(12-8-17)30(27,28)25-18-5-9-19(10-6-18)29-14-13-23/h1-12,25H,14H2,(H,24,26). The zero-order valence-electron chi connectivity index (χ0n) is 15.5. The van der Waals surface area contributed by atoms with Crippen LogP contribution < -0.4 is 14.8 Å². The van der Waals surface area contributed by atoms with Crippen LogP contribution in [0.1, 0.15) is 10.4 Å². The molecule has 30 heavy (non-hydrogen) atoms. The Morgan fingerprint density at radius 3 is 2.13 bits per heavy atom. The number of nitrogens with zero attached hydrogens (tertiary/aromatic N) is 1. The van der Waals surface area contributed by atoms with Crippen molar-refractivity contribution in [2.75, 3.05) is 16.6 Å². The minimum Gasteiger partial charge on any atom is -0.479 e. The Hall–Kier alpha value is -3.90. The van der Waals surface area contributed by atoms with Crippen LogP contribution in [0.2, 0.25) is 0 Å². The molecule has 0 saturated carbocycles. The van der Waals surface area contributed by atoms with Crippen LogP contribution in [0.15, 0.2) is 77.7 Å². The third-order valence-electron chi connectivity index (χ3n) is 3.94. The molecular weight excluding hydrogens is 409 g/mol. The maximum absolute atomic E-state index is 12.9. The minimum absolute atomic E-state index is 0.00656. The van der Waals surface area contributed by atoms with Crippen molar-refractivity contribution in [2.24, 2.45) is 0 Å². The van der Waals surface area contributed by atoms with Crippen molar-refractivity contribution in [1.82, 2.24) is 0 Å². The summed E-state index contributed by atoms with van der Waals surface area (Å²) in [5.74, 6) is -0.443. The van der Waals surface area contributed by atoms with Gasteiger partial charge in [-0.3, -0.25) is 9.52 Å². The van der Waals surface area contributed by atoms with Gasteiger partial charge in [-0.25, -0.2) is 12.8 Å². The van der Waals surface area contributed by atoms with Crippen LogP contribution >= 0.6 is 0 Å². The molecule has 0 aliphatic carbocycles. The molecule has 0 heterocycles. The van der Waals surface area contributed by atoms with Crippen molar-refractivity contribution in [3.8, 4) is 11.8 Å². The first kappa shape index (κ1) is 20.8. The van der Waals surface area contributed by atoms with Gasteiger partial charge in [0.2, 0.25) is 0 Å². The van der Waals surface area contributed by atoms with Crippen LogP contribution in [-0.2, 0) is 10.0 Å². The molecule has 0 spiro atoms. The number of halogens is 1. The largest absolute Gasteiger partial charge is 0.479 e. The highest BCUT2D eigenvalue weighted by Gasteiger charge is 2.15. The van der Waals surface area contributed by atoms with E-state index in [1.165, 1.54) is 60.7 Å². The number of nitrogens with one attached hydrogen (secondary N) is 2. The molecule has 0 aromatic heterocycles. The van der Waals surface area contributed by atoms with Crippen LogP contribution in [0.4, 0.5) is 15.8 Å². The summed E-state index contributed by atoms with van der Waals surface area (Å²) >= 11 is 0. The summed E-state index contributed by atoms with van der Waals surface area (Å²) in [6.07, 6.45) is 0. The lowest BCUT2D eigenvalue weighted by Gasteiger charge is -2.10. The second kappa shape index (κ2) is 9.07. The number of benzene rings is 3. The van der Waals surface area contributed by atoms with E-state index < -0.39 is 21.7 Å². The molecule has 0 aliphatic rings. The average Bonchev–Trinajstić information content (AvgIpc) is 2.74. The van der Waals surface area contributed by atoms with E-state index in [0.29, 0.717) is 17.1 Å². The molecule has 0 aliphatic heterocycles. The first-order valence-corrected chi connectivity index (χ1v) is 10.2. The summed E-state index contributed by atoms with van der Waals surface area (Å²) in [6.45, 7) is -0.102. The fraction of sp³-hybridized carbons (Fsp3) is 0.0476. The average molecular weight is 425 g/mol. The number of carbonyl (C=O) groups excluding carboxylic acids is 1. The van der Waals surface area contributed by atoms with Gasteiger partial charge in [-0.1, -0.05) is 0 Å². The smallest absolute Gasteiger partial charge is 0.261 e. The molecule has 3 aromatic rings. The summed E-state index contributed by atoms with van der Waals surface area (Å²) in [5.41, 5.74) is 0.993. The normalized spacial score (nSPS) is 10.7. The van der Waals surface area contributed by atoms with Crippen LogP contribution in [0, 0.1) is 17.1 Å². The SMILES string of the molecule is N#CCOc1ccc(NS(=O)(=O)c2ccc(NC(=O)c3ccc(F)cc3)cc2)cc1. The maximum atomic E-state index is 12.9. The molecule has 0 atom stereocenters. The molecule has 0 saturated heterocycles. The zero-order valence-corrected chi connectivity index (χ0v) is 16.3. The number of ether oxygens (including phenoxy) is 1. The number of anilines is 2. The van der Waals surface area contributed by atoms with Crippen LogP contribution in [0.3, 0.4) is 0 Å². The zero-order chi connectivity index (χ0) is 21.6. The van der Waals surface area contributed by atoms with Gasteiger partial charge in [0.25, 0.3) is 15.9 Å². The molecule has 1 amide bonds. The molecule has 2 N–H and O–H groups in total. The van der Waals surface area contributed by atoms with Crippen LogP contribution in [0.5, 0.6) is 5.75 Å². The van der Waals surface area contributed by atoms with Crippen molar-refractivity contribution in [2.45, 2.75) is 4.90 Å². The van der Waals surface area contributed by atoms with Gasteiger partial charge < -0.3 is 10.1 Å². The second-order valence-electron chi connectivity index (χ2n) is 6.06. The van der Waals surface area contributed by atoms with Gasteiger partial charge in [-0.15, -0.1) is 0 Å². The third-order valence-corrected chi connectivity index (χ3v) is 5.34. The number of hydrogen-bond acceptors (Lipinski definition) is 5. The van der Waals surface area contributed by atoms with E-state index in [4.69, 9.17) is 10.00 Å². The molecule has 0 fully saturated rings. The summed E-state index contributed by atoms with van der Waals surface area (Å²) in [5, 5.41) is 11.1. The number of amides is 1. The Morgan fingerprint density at radius 1 is 0.933 bits per heavy atom. The second-order valence-corrected chi connectivity index (χ2v) is 7.74. The lowest BCUT2D eigenvalue weighted by Crippen LogP contribution is -2.14. The first-order valence-electron chi connectivity index (χ1n) is 8.67. The number of carbonyl (C=O) groups is 1. The van der Waals surface area contributed by atoms with Crippen molar-refractivity contribution in [1.29, 1.82) is 5.26 Å². The lowest BCUT2D eigenvalue weighted by molar-refractivity contribution is 0.102. The summed E-state index contributed by atoms with van der Waals surface area (Å²) in [7, 11) is -3.84. The molecule has 3 rings (SSSR count). The Kier molecular flexibility index (Phi) is 6.29. The van der Waals surface area contributed by atoms with Crippen molar-refractivity contribution >= 4 is 27.3 Å². The summed E-state index contributed by atoms with van der Waals surface area (Å²) in [4.78, 5) is 12.2. The number of nitriles is 1. The topological polar surface area (TPSA) is 108 Å². The predicted molar refractivity (Wildman–Crippen MR) is 109 cm³/mol. The number of rotatable bonds is 7. The fourth-order valence-electron chi connectivity index (χ4n) is 2.47. The van der Waals surface area contributed by atoms with E-state index in [1.807, 2.05) is 6.07 Å². The summed E-state index contributed by atoms with van der Waals surface area (Å²) < 4.78 is 45.6. The first-order chi connectivity index (χ1) is 14.4. The van der Waals surface area contributed by atoms with E-state index in [0.717, 1.165) is 0 Å². The van der Waals surface area contributed by atoms with Gasteiger partial charge in [0.05, 0.1) is 4.90 Å². The van der Waals surface area contributed by atoms with E-state index in [2.05, 4.69) is 10.0 Å². The Morgan fingerprint density at radius 2 is 1.53 bits per heavy atom. The maximum Gasteiger partial charge on any atom is 0.261 e. The third kappa shape index (κ3) is 5.33. The Bertz CT molecular complexity index is 1170. The van der Waals surface area contributed by atoms with Crippen LogP contribution in [0.25, 0.3) is 0 Å². The molecule has 0 bridgehead atoms. The minimum atomic E-state index is -3.84. The van der Waals surface area contributed by atoms with E-state index in [1.54, 1.807) is 12.1 Å². The lowest BCUT2D eigenvalue weighted by atomic mass is 10.2. The fourth-order valence-corrected chi connectivity index (χ4v) is 3.53.